The fraction of sp³-hybridized carbons (Fsp3) is 0. The van der Waals surface area contributed by atoms with Gasteiger partial charge in [0, 0.05) is 16.9 Å². The van der Waals surface area contributed by atoms with Gasteiger partial charge in [0.05, 0.1) is 23.0 Å². The number of nitrogens with one attached hydrogen (secondary N) is 1. The van der Waals surface area contributed by atoms with Gasteiger partial charge >= 0.3 is 0 Å². The number of nitriles is 1. The van der Waals surface area contributed by atoms with Crippen molar-refractivity contribution in [2.24, 2.45) is 10.2 Å². The molecule has 0 spiro atoms. The number of nitrogens with two attached hydrogens (primary N) is 1. The van der Waals surface area contributed by atoms with Crippen LogP contribution in [0.4, 0.5) is 22.7 Å². The van der Waals surface area contributed by atoms with Crippen LogP contribution in [-0.4, -0.2) is 5.91 Å². The highest BCUT2D eigenvalue weighted by Gasteiger charge is 2.05. The van der Waals surface area contributed by atoms with Crippen molar-refractivity contribution in [3.05, 3.63) is 83.9 Å². The molecule has 126 valence electrons. The van der Waals surface area contributed by atoms with E-state index in [4.69, 9.17) is 11.0 Å². The quantitative estimate of drug-likeness (QED) is 0.525. The third-order valence-electron chi connectivity index (χ3n) is 3.58. The average molecular weight is 341 g/mol. The van der Waals surface area contributed by atoms with Crippen LogP contribution >= 0.6 is 0 Å². The van der Waals surface area contributed by atoms with Crippen LogP contribution in [0.3, 0.4) is 0 Å². The molecule has 0 aliphatic heterocycles. The molecule has 26 heavy (non-hydrogen) atoms. The van der Waals surface area contributed by atoms with Crippen molar-refractivity contribution >= 4 is 28.7 Å². The zero-order chi connectivity index (χ0) is 18.4. The largest absolute Gasteiger partial charge is 0.399 e. The van der Waals surface area contributed by atoms with Gasteiger partial charge in [0.1, 0.15) is 0 Å². The van der Waals surface area contributed by atoms with Gasteiger partial charge in [-0.3, -0.25) is 4.79 Å². The zero-order valence-corrected chi connectivity index (χ0v) is 13.8. The van der Waals surface area contributed by atoms with Crippen molar-refractivity contribution in [2.75, 3.05) is 11.1 Å². The average Bonchev–Trinajstić information content (AvgIpc) is 2.68. The Balaban J connectivity index is 1.64. The lowest BCUT2D eigenvalue weighted by Crippen LogP contribution is -2.11. The molecule has 0 saturated heterocycles. The number of nitrogens with zero attached hydrogens (tertiary/aromatic N) is 3. The highest BCUT2D eigenvalue weighted by molar-refractivity contribution is 6.04. The SMILES string of the molecule is N#Cc1ccc(N=Nc2ccc(NC(=O)c3ccc(N)cc3)cc2)cc1. The van der Waals surface area contributed by atoms with Crippen molar-refractivity contribution in [1.29, 1.82) is 5.26 Å². The second-order valence-corrected chi connectivity index (χ2v) is 5.48. The predicted octanol–water partition coefficient (Wildman–Crippen LogP) is 4.81. The first-order chi connectivity index (χ1) is 12.6. The first kappa shape index (κ1) is 16.9. The summed E-state index contributed by atoms with van der Waals surface area (Å²) in [4.78, 5) is 12.2. The van der Waals surface area contributed by atoms with Crippen LogP contribution in [0, 0.1) is 11.3 Å². The number of rotatable bonds is 4. The number of azo groups is 1. The fourth-order valence-corrected chi connectivity index (χ4v) is 2.17. The van der Waals surface area contributed by atoms with Crippen LogP contribution in [-0.2, 0) is 0 Å². The van der Waals surface area contributed by atoms with Crippen molar-refractivity contribution < 1.29 is 4.79 Å². The third-order valence-corrected chi connectivity index (χ3v) is 3.58. The van der Waals surface area contributed by atoms with E-state index in [2.05, 4.69) is 21.6 Å². The van der Waals surface area contributed by atoms with Crippen LogP contribution in [0.5, 0.6) is 0 Å². The maximum absolute atomic E-state index is 12.2. The van der Waals surface area contributed by atoms with Gasteiger partial charge in [-0.1, -0.05) is 0 Å². The number of hydrogen-bond donors (Lipinski definition) is 2. The van der Waals surface area contributed by atoms with E-state index in [9.17, 15) is 4.79 Å². The van der Waals surface area contributed by atoms with Crippen molar-refractivity contribution in [3.63, 3.8) is 0 Å². The normalized spacial score (nSPS) is 10.4. The predicted molar refractivity (Wildman–Crippen MR) is 101 cm³/mol. The van der Waals surface area contributed by atoms with E-state index >= 15 is 0 Å². The van der Waals surface area contributed by atoms with Gasteiger partial charge < -0.3 is 11.1 Å². The number of benzene rings is 3. The number of nitrogen functional groups attached to an aromatic ring is 1. The molecule has 0 saturated carbocycles. The Hall–Kier alpha value is -3.98. The van der Waals surface area contributed by atoms with E-state index < -0.39 is 0 Å². The molecule has 0 heterocycles. The molecule has 0 aromatic heterocycles. The van der Waals surface area contributed by atoms with E-state index in [0.717, 1.165) is 0 Å². The molecule has 0 aliphatic carbocycles. The minimum absolute atomic E-state index is 0.211. The third kappa shape index (κ3) is 4.30. The zero-order valence-electron chi connectivity index (χ0n) is 13.8. The summed E-state index contributed by atoms with van der Waals surface area (Å²) in [6.07, 6.45) is 0. The molecular formula is C20H15N5O. The molecule has 6 heteroatoms. The van der Waals surface area contributed by atoms with Crippen LogP contribution in [0.2, 0.25) is 0 Å². The van der Waals surface area contributed by atoms with E-state index in [1.165, 1.54) is 0 Å². The van der Waals surface area contributed by atoms with Gasteiger partial charge in [-0.15, -0.1) is 0 Å². The molecule has 3 aromatic carbocycles. The van der Waals surface area contributed by atoms with Gasteiger partial charge in [0.25, 0.3) is 5.91 Å². The van der Waals surface area contributed by atoms with Crippen LogP contribution in [0.15, 0.2) is 83.0 Å². The van der Waals surface area contributed by atoms with Crippen LogP contribution < -0.4 is 11.1 Å². The second-order valence-electron chi connectivity index (χ2n) is 5.48. The minimum Gasteiger partial charge on any atom is -0.399 e. The number of carbonyl (C=O) groups excluding carboxylic acids is 1. The highest BCUT2D eigenvalue weighted by Crippen LogP contribution is 2.21. The van der Waals surface area contributed by atoms with E-state index in [-0.39, 0.29) is 5.91 Å². The smallest absolute Gasteiger partial charge is 0.255 e. The Morgan fingerprint density at radius 1 is 0.846 bits per heavy atom. The monoisotopic (exact) mass is 341 g/mol. The first-order valence-electron chi connectivity index (χ1n) is 7.83. The second kappa shape index (κ2) is 7.73. The molecule has 0 atom stereocenters. The lowest BCUT2D eigenvalue weighted by Gasteiger charge is -2.05. The molecule has 0 aliphatic rings. The number of hydrogen-bond acceptors (Lipinski definition) is 5. The highest BCUT2D eigenvalue weighted by atomic mass is 16.1. The molecule has 3 rings (SSSR count). The van der Waals surface area contributed by atoms with E-state index in [1.807, 2.05) is 0 Å². The summed E-state index contributed by atoms with van der Waals surface area (Å²) in [5.74, 6) is -0.211. The molecule has 1 amide bonds. The summed E-state index contributed by atoms with van der Waals surface area (Å²) in [6, 6.07) is 22.6. The topological polar surface area (TPSA) is 104 Å². The summed E-state index contributed by atoms with van der Waals surface area (Å²) in [7, 11) is 0. The van der Waals surface area contributed by atoms with Crippen molar-refractivity contribution in [3.8, 4) is 6.07 Å². The van der Waals surface area contributed by atoms with Gasteiger partial charge in [-0.05, 0) is 72.8 Å². The molecule has 3 aromatic rings. The lowest BCUT2D eigenvalue weighted by atomic mass is 10.2. The fourth-order valence-electron chi connectivity index (χ4n) is 2.17. The van der Waals surface area contributed by atoms with E-state index in [1.54, 1.807) is 72.8 Å². The Bertz CT molecular complexity index is 969. The maximum atomic E-state index is 12.2. The maximum Gasteiger partial charge on any atom is 0.255 e. The summed E-state index contributed by atoms with van der Waals surface area (Å²) < 4.78 is 0. The molecule has 0 radical (unpaired) electrons. The lowest BCUT2D eigenvalue weighted by molar-refractivity contribution is 0.102. The number of carbonyl (C=O) groups is 1. The molecule has 0 fully saturated rings. The summed E-state index contributed by atoms with van der Waals surface area (Å²) in [6.45, 7) is 0. The van der Waals surface area contributed by atoms with Crippen molar-refractivity contribution in [2.45, 2.75) is 0 Å². The Morgan fingerprint density at radius 2 is 1.38 bits per heavy atom. The Labute approximate surface area is 150 Å². The standard InChI is InChI=1S/C20H15N5O/c21-13-14-1-7-18(8-2-14)24-25-19-11-9-17(10-12-19)23-20(26)15-3-5-16(22)6-4-15/h1-12H,22H2,(H,23,26). The minimum atomic E-state index is -0.211. The first-order valence-corrected chi connectivity index (χ1v) is 7.83. The van der Waals surface area contributed by atoms with Crippen molar-refractivity contribution in [1.82, 2.24) is 0 Å². The number of amides is 1. The van der Waals surface area contributed by atoms with Gasteiger partial charge in [-0.2, -0.15) is 15.5 Å². The molecule has 0 unspecified atom stereocenters. The molecule has 0 bridgehead atoms. The number of anilines is 2. The van der Waals surface area contributed by atoms with Gasteiger partial charge in [0.2, 0.25) is 0 Å². The van der Waals surface area contributed by atoms with Gasteiger partial charge in [0.15, 0.2) is 0 Å². The molecular weight excluding hydrogens is 326 g/mol. The van der Waals surface area contributed by atoms with E-state index in [0.29, 0.717) is 33.9 Å². The molecule has 3 N–H and O–H groups in total. The molecule has 6 nitrogen and oxygen atoms in total. The summed E-state index contributed by atoms with van der Waals surface area (Å²) in [5.41, 5.74) is 9.30. The van der Waals surface area contributed by atoms with Gasteiger partial charge in [-0.25, -0.2) is 0 Å². The van der Waals surface area contributed by atoms with Crippen LogP contribution in [0.1, 0.15) is 15.9 Å². The Morgan fingerprint density at radius 3 is 1.92 bits per heavy atom. The summed E-state index contributed by atoms with van der Waals surface area (Å²) in [5, 5.41) is 19.8. The Kier molecular flexibility index (Phi) is 5.01. The van der Waals surface area contributed by atoms with Crippen LogP contribution in [0.25, 0.3) is 0 Å². The summed E-state index contributed by atoms with van der Waals surface area (Å²) >= 11 is 0.